The summed E-state index contributed by atoms with van der Waals surface area (Å²) in [5, 5.41) is 0. The van der Waals surface area contributed by atoms with Crippen molar-refractivity contribution < 1.29 is 40.7 Å². The number of rotatable bonds is 4. The second kappa shape index (κ2) is 6.09. The highest BCUT2D eigenvalue weighted by Gasteiger charge is 2.60. The first-order valence-corrected chi connectivity index (χ1v) is 7.70. The van der Waals surface area contributed by atoms with Crippen LogP contribution in [-0.2, 0) is 4.79 Å². The van der Waals surface area contributed by atoms with E-state index >= 15 is 0 Å². The summed E-state index contributed by atoms with van der Waals surface area (Å²) in [7, 11) is 0. The number of Topliss-reactive ketones (excluding diaryl/α,β-unsaturated/α-hetero) is 1. The summed E-state index contributed by atoms with van der Waals surface area (Å²) in [4.78, 5) is 21.7. The summed E-state index contributed by atoms with van der Waals surface area (Å²) in [6.07, 6.45) is 0. The van der Waals surface area contributed by atoms with Crippen LogP contribution in [-0.4, -0.2) is 23.1 Å². The van der Waals surface area contributed by atoms with E-state index in [1.807, 2.05) is 11.5 Å². The average molecular weight is 405 g/mol. The number of thioether (sulfide) groups is 1. The van der Waals surface area contributed by atoms with Crippen molar-refractivity contribution >= 4 is 23.5 Å². The molecule has 0 atom stereocenters. The Labute approximate surface area is 150 Å². The molecule has 140 valence electrons. The minimum Gasteiger partial charge on any atom is -0.447 e. The molecule has 2 N–H and O–H groups in total. The molecule has 1 aromatic rings. The minimum atomic E-state index is -4.94. The maximum Gasteiger partial charge on any atom is 0.446 e. The van der Waals surface area contributed by atoms with Crippen LogP contribution in [0.5, 0.6) is 5.75 Å². The number of primary amides is 1. The maximum atomic E-state index is 13.5. The van der Waals surface area contributed by atoms with Crippen molar-refractivity contribution in [3.05, 3.63) is 62.9 Å². The number of amides is 1. The Hall–Kier alpha value is -2.87. The number of fused-ring (bicyclic) bond motifs is 1. The molecule has 27 heavy (non-hydrogen) atoms. The quantitative estimate of drug-likeness (QED) is 0.614. The zero-order chi connectivity index (χ0) is 20.1. The first kappa shape index (κ1) is 18.9. The topological polar surface area (TPSA) is 69.4 Å². The zero-order valence-corrected chi connectivity index (χ0v) is 13.5. The standard InChI is InChI=1S/C16H5F6NO3S/c17-7-3-6(14(23)25)4-8(5-7)26-10-2-1-9-11(13(24)15(9,18)19)12(10)27-16(20,21)22/h3-5H,(H2,23,25). The van der Waals surface area contributed by atoms with Crippen molar-refractivity contribution in [1.82, 2.24) is 0 Å². The van der Waals surface area contributed by atoms with E-state index in [0.717, 1.165) is 18.2 Å². The number of halogens is 6. The van der Waals surface area contributed by atoms with Crippen molar-refractivity contribution in [2.24, 2.45) is 5.73 Å². The van der Waals surface area contributed by atoms with E-state index in [4.69, 9.17) is 10.5 Å². The molecule has 1 fully saturated rings. The number of ether oxygens (including phenoxy) is 1. The Morgan fingerprint density at radius 2 is 1.85 bits per heavy atom. The van der Waals surface area contributed by atoms with Gasteiger partial charge < -0.3 is 10.5 Å². The van der Waals surface area contributed by atoms with Crippen molar-refractivity contribution in [3.8, 4) is 5.75 Å². The highest BCUT2D eigenvalue weighted by Crippen LogP contribution is 2.52. The molecule has 2 aliphatic carbocycles. The van der Waals surface area contributed by atoms with Crippen LogP contribution in [0.2, 0.25) is 0 Å². The Kier molecular flexibility index (Phi) is 4.26. The van der Waals surface area contributed by atoms with Gasteiger partial charge in [0.25, 0.3) is 0 Å². The van der Waals surface area contributed by atoms with Crippen molar-refractivity contribution in [1.29, 1.82) is 0 Å². The lowest BCUT2D eigenvalue weighted by Gasteiger charge is -2.32. The fourth-order valence-electron chi connectivity index (χ4n) is 2.29. The van der Waals surface area contributed by atoms with E-state index < -0.39 is 68.3 Å². The van der Waals surface area contributed by atoms with Gasteiger partial charge in [0.1, 0.15) is 11.6 Å². The van der Waals surface area contributed by atoms with Gasteiger partial charge in [-0.2, -0.15) is 22.0 Å². The number of ketones is 1. The van der Waals surface area contributed by atoms with E-state index in [0.29, 0.717) is 0 Å². The van der Waals surface area contributed by atoms with Crippen LogP contribution in [0.25, 0.3) is 0 Å². The van der Waals surface area contributed by atoms with Gasteiger partial charge >= 0.3 is 11.4 Å². The first-order valence-electron chi connectivity index (χ1n) is 6.88. The lowest BCUT2D eigenvalue weighted by molar-refractivity contribution is -0.139. The van der Waals surface area contributed by atoms with Gasteiger partial charge in [0.2, 0.25) is 11.7 Å². The maximum absolute atomic E-state index is 13.5. The molecule has 0 radical (unpaired) electrons. The number of alkyl halides is 5. The number of carbonyl (C=O) groups is 2. The molecule has 0 aromatic heterocycles. The lowest BCUT2D eigenvalue weighted by Crippen LogP contribution is -2.46. The van der Waals surface area contributed by atoms with E-state index in [1.165, 1.54) is 0 Å². The summed E-state index contributed by atoms with van der Waals surface area (Å²) >= 11 is -0.858. The first-order chi connectivity index (χ1) is 12.4. The summed E-state index contributed by atoms with van der Waals surface area (Å²) in [6.45, 7) is 0. The molecule has 11 heteroatoms. The SMILES string of the molecule is NC(=O)c1cc(F)cc(OC2=C=C=C3C(=C2SC(F)(F)F)C(=O)C3(F)F)c1. The Morgan fingerprint density at radius 3 is 2.44 bits per heavy atom. The largest absolute Gasteiger partial charge is 0.447 e. The number of allylic oxidation sites excluding steroid dienone is 2. The second-order valence-electron chi connectivity index (χ2n) is 5.25. The van der Waals surface area contributed by atoms with Crippen LogP contribution in [0, 0.1) is 5.82 Å². The fraction of sp³-hybridized carbons (Fsp3) is 0.125. The van der Waals surface area contributed by atoms with Crippen LogP contribution in [0.1, 0.15) is 10.4 Å². The molecule has 1 saturated carbocycles. The molecule has 0 heterocycles. The third-order valence-corrected chi connectivity index (χ3v) is 4.23. The average Bonchev–Trinajstić information content (AvgIpc) is 2.53. The predicted octanol–water partition coefficient (Wildman–Crippen LogP) is 3.61. The number of carbonyl (C=O) groups excluding carboxylic acids is 2. The molecular formula is C16H5F6NO3S. The van der Waals surface area contributed by atoms with Gasteiger partial charge in [0.15, 0.2) is 5.76 Å². The number of hydrogen-bond donors (Lipinski definition) is 1. The monoisotopic (exact) mass is 405 g/mol. The van der Waals surface area contributed by atoms with Gasteiger partial charge in [-0.25, -0.2) is 4.39 Å². The smallest absolute Gasteiger partial charge is 0.446 e. The number of hydrogen-bond acceptors (Lipinski definition) is 4. The fourth-order valence-corrected chi connectivity index (χ4v) is 3.01. The molecule has 0 spiro atoms. The molecule has 3 rings (SSSR count). The highest BCUT2D eigenvalue weighted by atomic mass is 32.2. The van der Waals surface area contributed by atoms with Gasteiger partial charge in [-0.05, 0) is 29.6 Å². The number of benzene rings is 1. The number of nitrogens with two attached hydrogens (primary N) is 1. The summed E-state index contributed by atoms with van der Waals surface area (Å²) in [6, 6.07) is 2.41. The zero-order valence-electron chi connectivity index (χ0n) is 12.7. The van der Waals surface area contributed by atoms with Crippen LogP contribution in [0.4, 0.5) is 26.3 Å². The lowest BCUT2D eigenvalue weighted by atomic mass is 9.78. The van der Waals surface area contributed by atoms with Crippen molar-refractivity contribution in [3.63, 3.8) is 0 Å². The van der Waals surface area contributed by atoms with E-state index in [1.54, 1.807) is 0 Å². The molecule has 0 aliphatic heterocycles. The Bertz CT molecular complexity index is 1030. The van der Waals surface area contributed by atoms with Crippen LogP contribution in [0.15, 0.2) is 51.5 Å². The molecule has 0 unspecified atom stereocenters. The van der Waals surface area contributed by atoms with Gasteiger partial charge in [0.05, 0.1) is 16.1 Å². The van der Waals surface area contributed by atoms with Gasteiger partial charge in [-0.15, -0.1) is 0 Å². The molecule has 0 bridgehead atoms. The van der Waals surface area contributed by atoms with E-state index in [2.05, 4.69) is 0 Å². The second-order valence-corrected chi connectivity index (χ2v) is 6.33. The molecular weight excluding hydrogens is 400 g/mol. The summed E-state index contributed by atoms with van der Waals surface area (Å²) in [5.74, 6) is -9.04. The van der Waals surface area contributed by atoms with Crippen molar-refractivity contribution in [2.75, 3.05) is 0 Å². The third kappa shape index (κ3) is 3.40. The van der Waals surface area contributed by atoms with Crippen LogP contribution >= 0.6 is 11.8 Å². The molecule has 2 aliphatic rings. The van der Waals surface area contributed by atoms with Gasteiger partial charge in [-0.3, -0.25) is 9.59 Å². The molecule has 1 aromatic carbocycles. The normalized spacial score (nSPS) is 17.8. The Morgan fingerprint density at radius 1 is 1.19 bits per heavy atom. The van der Waals surface area contributed by atoms with Crippen molar-refractivity contribution in [2.45, 2.75) is 11.4 Å². The van der Waals surface area contributed by atoms with E-state index in [-0.39, 0.29) is 5.56 Å². The van der Waals surface area contributed by atoms with E-state index in [9.17, 15) is 35.9 Å². The third-order valence-electron chi connectivity index (χ3n) is 3.40. The summed E-state index contributed by atoms with van der Waals surface area (Å²) in [5.41, 5.74) is 1.65. The van der Waals surface area contributed by atoms with Crippen LogP contribution in [0.3, 0.4) is 0 Å². The van der Waals surface area contributed by atoms with Gasteiger partial charge in [0, 0.05) is 11.6 Å². The Balaban J connectivity index is 2.09. The summed E-state index contributed by atoms with van der Waals surface area (Å²) < 4.78 is 84.0. The van der Waals surface area contributed by atoms with Gasteiger partial charge in [-0.1, -0.05) is 5.73 Å². The minimum absolute atomic E-state index is 0.342. The predicted molar refractivity (Wildman–Crippen MR) is 80.2 cm³/mol. The molecule has 4 nitrogen and oxygen atoms in total. The van der Waals surface area contributed by atoms with Crippen LogP contribution < -0.4 is 10.5 Å². The highest BCUT2D eigenvalue weighted by molar-refractivity contribution is 8.04. The molecule has 0 saturated heterocycles. The molecule has 1 amide bonds.